The van der Waals surface area contributed by atoms with Crippen molar-refractivity contribution in [3.05, 3.63) is 70.9 Å². The molecule has 30 heavy (non-hydrogen) atoms. The summed E-state index contributed by atoms with van der Waals surface area (Å²) < 4.78 is 0. The molecule has 5 heteroatoms. The van der Waals surface area contributed by atoms with Gasteiger partial charge in [0.2, 0.25) is 0 Å². The molecule has 2 aromatic carbocycles. The van der Waals surface area contributed by atoms with E-state index in [1.807, 2.05) is 0 Å². The summed E-state index contributed by atoms with van der Waals surface area (Å²) in [4.78, 5) is 13.0. The van der Waals surface area contributed by atoms with Gasteiger partial charge in [0.25, 0.3) is 0 Å². The second-order valence-corrected chi connectivity index (χ2v) is 9.49. The minimum atomic E-state index is 0.855. The average molecular weight is 434 g/mol. The molecule has 3 nitrogen and oxygen atoms in total. The van der Waals surface area contributed by atoms with Crippen LogP contribution in [0.2, 0.25) is 0 Å². The lowest BCUT2D eigenvalue weighted by Gasteiger charge is -2.09. The molecule has 0 radical (unpaired) electrons. The summed E-state index contributed by atoms with van der Waals surface area (Å²) >= 11 is 3.52. The number of rotatable bonds is 8. The predicted octanol–water partition coefficient (Wildman–Crippen LogP) is 7.00. The van der Waals surface area contributed by atoms with Crippen LogP contribution in [0.25, 0.3) is 21.3 Å². The largest absolute Gasteiger partial charge is 0.369 e. The summed E-state index contributed by atoms with van der Waals surface area (Å²) in [6.45, 7) is 5.14. The summed E-state index contributed by atoms with van der Waals surface area (Å²) in [5.41, 5.74) is 3.92. The first-order chi connectivity index (χ1) is 14.7. The van der Waals surface area contributed by atoms with Gasteiger partial charge in [0.05, 0.1) is 5.39 Å². The first kappa shape index (κ1) is 20.9. The molecule has 0 amide bonds. The Balaban J connectivity index is 1.36. The highest BCUT2D eigenvalue weighted by Crippen LogP contribution is 2.29. The molecule has 1 N–H and O–H groups in total. The van der Waals surface area contributed by atoms with E-state index < -0.39 is 0 Å². The van der Waals surface area contributed by atoms with Gasteiger partial charge in [0.15, 0.2) is 0 Å². The third kappa shape index (κ3) is 4.85. The molecule has 0 saturated heterocycles. The molecule has 0 aliphatic carbocycles. The van der Waals surface area contributed by atoms with Gasteiger partial charge in [-0.05, 0) is 60.9 Å². The van der Waals surface area contributed by atoms with Gasteiger partial charge in [-0.25, -0.2) is 9.97 Å². The van der Waals surface area contributed by atoms with E-state index in [1.54, 1.807) is 23.1 Å². The molecule has 4 aromatic rings. The van der Waals surface area contributed by atoms with Crippen molar-refractivity contribution in [2.24, 2.45) is 0 Å². The summed E-state index contributed by atoms with van der Waals surface area (Å²) in [5.74, 6) is 1.89. The van der Waals surface area contributed by atoms with Crippen molar-refractivity contribution < 1.29 is 0 Å². The van der Waals surface area contributed by atoms with Crippen molar-refractivity contribution >= 4 is 39.1 Å². The number of anilines is 1. The Morgan fingerprint density at radius 2 is 1.83 bits per heavy atom. The van der Waals surface area contributed by atoms with Gasteiger partial charge in [-0.15, -0.1) is 23.1 Å². The lowest BCUT2D eigenvalue weighted by Crippen LogP contribution is -2.07. The number of aromatic nitrogens is 2. The normalized spacial score (nSPS) is 11.2. The fraction of sp³-hybridized carbons (Fsp3) is 0.280. The number of hydrogen-bond donors (Lipinski definition) is 1. The SMILES string of the molecule is CCc1nc(NCCCc2ccc(-c3cccc(SC)c3)cc2)c2cc(C)sc2n1. The summed E-state index contributed by atoms with van der Waals surface area (Å²) in [6.07, 6.45) is 5.09. The van der Waals surface area contributed by atoms with Crippen LogP contribution in [0.4, 0.5) is 5.82 Å². The van der Waals surface area contributed by atoms with Crippen LogP contribution in [0.1, 0.15) is 29.6 Å². The highest BCUT2D eigenvalue weighted by Gasteiger charge is 2.09. The van der Waals surface area contributed by atoms with Gasteiger partial charge in [-0.2, -0.15) is 0 Å². The molecule has 4 rings (SSSR count). The van der Waals surface area contributed by atoms with Crippen LogP contribution in [0.5, 0.6) is 0 Å². The van der Waals surface area contributed by atoms with E-state index in [2.05, 4.69) is 85.0 Å². The van der Waals surface area contributed by atoms with Crippen LogP contribution in [0.3, 0.4) is 0 Å². The number of nitrogens with zero attached hydrogens (tertiary/aromatic N) is 2. The number of nitrogens with one attached hydrogen (secondary N) is 1. The standard InChI is InChI=1S/C25H27N3S2/c1-4-23-27-24(22-15-17(2)30-25(22)28-23)26-14-6-7-18-10-12-19(13-11-18)20-8-5-9-21(16-20)29-3/h5,8-13,15-16H,4,6-7,14H2,1-3H3,(H,26,27,28). The van der Waals surface area contributed by atoms with Gasteiger partial charge in [0, 0.05) is 22.7 Å². The van der Waals surface area contributed by atoms with Crippen LogP contribution in [-0.4, -0.2) is 22.8 Å². The van der Waals surface area contributed by atoms with Crippen molar-refractivity contribution in [2.75, 3.05) is 18.1 Å². The Hall–Kier alpha value is -2.37. The van der Waals surface area contributed by atoms with Crippen molar-refractivity contribution in [1.29, 1.82) is 0 Å². The molecule has 0 atom stereocenters. The molecule has 0 bridgehead atoms. The molecular formula is C25H27N3S2. The second kappa shape index (κ2) is 9.63. The number of hydrogen-bond acceptors (Lipinski definition) is 5. The molecule has 0 fully saturated rings. The summed E-state index contributed by atoms with van der Waals surface area (Å²) in [7, 11) is 0. The quantitative estimate of drug-likeness (QED) is 0.240. The Morgan fingerprint density at radius 3 is 2.60 bits per heavy atom. The van der Waals surface area contributed by atoms with E-state index in [0.29, 0.717) is 0 Å². The Morgan fingerprint density at radius 1 is 1.00 bits per heavy atom. The monoisotopic (exact) mass is 433 g/mol. The van der Waals surface area contributed by atoms with Gasteiger partial charge in [-0.3, -0.25) is 0 Å². The predicted molar refractivity (Wildman–Crippen MR) is 132 cm³/mol. The van der Waals surface area contributed by atoms with E-state index >= 15 is 0 Å². The zero-order valence-electron chi connectivity index (χ0n) is 17.7. The third-order valence-corrected chi connectivity index (χ3v) is 6.84. The van der Waals surface area contributed by atoms with Crippen molar-refractivity contribution in [3.63, 3.8) is 0 Å². The van der Waals surface area contributed by atoms with E-state index in [-0.39, 0.29) is 0 Å². The average Bonchev–Trinajstić information content (AvgIpc) is 3.17. The summed E-state index contributed by atoms with van der Waals surface area (Å²) in [5, 5.41) is 4.69. The zero-order chi connectivity index (χ0) is 20.9. The Labute approximate surface area is 187 Å². The number of benzene rings is 2. The number of thiophene rings is 1. The molecule has 0 aliphatic heterocycles. The summed E-state index contributed by atoms with van der Waals surface area (Å²) in [6, 6.07) is 19.9. The Bertz CT molecular complexity index is 1130. The maximum atomic E-state index is 4.72. The van der Waals surface area contributed by atoms with Crippen LogP contribution in [0.15, 0.2) is 59.5 Å². The van der Waals surface area contributed by atoms with Gasteiger partial charge in [-0.1, -0.05) is 43.3 Å². The first-order valence-electron chi connectivity index (χ1n) is 10.4. The number of aryl methyl sites for hydroxylation is 3. The lowest BCUT2D eigenvalue weighted by molar-refractivity contribution is 0.855. The second-order valence-electron chi connectivity index (χ2n) is 7.38. The van der Waals surface area contributed by atoms with Crippen molar-refractivity contribution in [3.8, 4) is 11.1 Å². The van der Waals surface area contributed by atoms with Crippen molar-refractivity contribution in [1.82, 2.24) is 9.97 Å². The third-order valence-electron chi connectivity index (χ3n) is 5.17. The van der Waals surface area contributed by atoms with Gasteiger partial charge < -0.3 is 5.32 Å². The zero-order valence-corrected chi connectivity index (χ0v) is 19.4. The van der Waals surface area contributed by atoms with Crippen LogP contribution in [-0.2, 0) is 12.8 Å². The molecule has 2 aromatic heterocycles. The number of fused-ring (bicyclic) bond motifs is 1. The molecule has 0 saturated carbocycles. The maximum Gasteiger partial charge on any atom is 0.138 e. The van der Waals surface area contributed by atoms with E-state index in [9.17, 15) is 0 Å². The molecule has 0 unspecified atom stereocenters. The number of thioether (sulfide) groups is 1. The topological polar surface area (TPSA) is 37.8 Å². The van der Waals surface area contributed by atoms with Gasteiger partial charge >= 0.3 is 0 Å². The van der Waals surface area contributed by atoms with E-state index in [4.69, 9.17) is 4.98 Å². The fourth-order valence-corrected chi connectivity index (χ4v) is 4.90. The lowest BCUT2D eigenvalue weighted by atomic mass is 10.0. The molecule has 154 valence electrons. The minimum Gasteiger partial charge on any atom is -0.369 e. The van der Waals surface area contributed by atoms with Crippen LogP contribution in [0, 0.1) is 6.92 Å². The minimum absolute atomic E-state index is 0.855. The van der Waals surface area contributed by atoms with Crippen LogP contribution >= 0.6 is 23.1 Å². The first-order valence-corrected chi connectivity index (χ1v) is 12.4. The molecule has 2 heterocycles. The van der Waals surface area contributed by atoms with Crippen LogP contribution < -0.4 is 5.32 Å². The highest BCUT2D eigenvalue weighted by molar-refractivity contribution is 7.98. The van der Waals surface area contributed by atoms with Crippen molar-refractivity contribution in [2.45, 2.75) is 38.0 Å². The smallest absolute Gasteiger partial charge is 0.138 e. The molecule has 0 spiro atoms. The fourth-order valence-electron chi connectivity index (χ4n) is 3.54. The van der Waals surface area contributed by atoms with E-state index in [1.165, 1.54) is 26.5 Å². The molecular weight excluding hydrogens is 406 g/mol. The Kier molecular flexibility index (Phi) is 6.70. The van der Waals surface area contributed by atoms with E-state index in [0.717, 1.165) is 47.7 Å². The highest BCUT2D eigenvalue weighted by atomic mass is 32.2. The maximum absolute atomic E-state index is 4.72. The molecule has 0 aliphatic rings. The van der Waals surface area contributed by atoms with Gasteiger partial charge in [0.1, 0.15) is 16.5 Å².